The fourth-order valence-electron chi connectivity index (χ4n) is 4.35. The first-order valence-electron chi connectivity index (χ1n) is 10.6. The van der Waals surface area contributed by atoms with Gasteiger partial charge in [0.25, 0.3) is 5.91 Å². The van der Waals surface area contributed by atoms with E-state index < -0.39 is 11.3 Å². The van der Waals surface area contributed by atoms with E-state index in [2.05, 4.69) is 23.8 Å². The zero-order chi connectivity index (χ0) is 21.7. The van der Waals surface area contributed by atoms with Crippen molar-refractivity contribution in [2.75, 3.05) is 19.6 Å². The molecule has 162 valence electrons. The summed E-state index contributed by atoms with van der Waals surface area (Å²) in [5.41, 5.74) is 3.63. The lowest BCUT2D eigenvalue weighted by Gasteiger charge is -2.27. The average molecular weight is 415 g/mol. The van der Waals surface area contributed by atoms with Gasteiger partial charge in [-0.25, -0.2) is 9.87 Å². The van der Waals surface area contributed by atoms with Gasteiger partial charge in [0.05, 0.1) is 11.6 Å². The SMILES string of the molecule is CCN(CC)CCCn1cc(C2=C[C@](C(=O)NO)(c3cccc(F)c3C)CC2)cn1. The zero-order valence-electron chi connectivity index (χ0n) is 18.0. The fourth-order valence-corrected chi connectivity index (χ4v) is 4.35. The van der Waals surface area contributed by atoms with Crippen LogP contribution in [0.2, 0.25) is 0 Å². The van der Waals surface area contributed by atoms with Crippen LogP contribution in [0.5, 0.6) is 0 Å². The second-order valence-electron chi connectivity index (χ2n) is 7.87. The summed E-state index contributed by atoms with van der Waals surface area (Å²) in [7, 11) is 0. The van der Waals surface area contributed by atoms with Gasteiger partial charge in [0.15, 0.2) is 0 Å². The molecule has 0 bridgehead atoms. The molecule has 2 N–H and O–H groups in total. The number of carbonyl (C=O) groups excluding carboxylic acids is 1. The molecule has 0 saturated carbocycles. The number of aryl methyl sites for hydroxylation is 1. The largest absolute Gasteiger partial charge is 0.304 e. The molecular weight excluding hydrogens is 383 g/mol. The van der Waals surface area contributed by atoms with Crippen molar-refractivity contribution in [3.63, 3.8) is 0 Å². The van der Waals surface area contributed by atoms with Crippen LogP contribution >= 0.6 is 0 Å². The van der Waals surface area contributed by atoms with E-state index >= 15 is 0 Å². The molecule has 0 aliphatic heterocycles. The molecule has 6 nitrogen and oxygen atoms in total. The molecule has 0 spiro atoms. The molecule has 7 heteroatoms. The Kier molecular flexibility index (Phi) is 7.05. The summed E-state index contributed by atoms with van der Waals surface area (Å²) in [6.45, 7) is 9.94. The predicted molar refractivity (Wildman–Crippen MR) is 115 cm³/mol. The Morgan fingerprint density at radius 3 is 2.83 bits per heavy atom. The van der Waals surface area contributed by atoms with Crippen molar-refractivity contribution in [2.45, 2.75) is 52.0 Å². The van der Waals surface area contributed by atoms with Gasteiger partial charge < -0.3 is 4.90 Å². The van der Waals surface area contributed by atoms with Crippen molar-refractivity contribution >= 4 is 11.5 Å². The van der Waals surface area contributed by atoms with E-state index in [0.717, 1.165) is 43.7 Å². The van der Waals surface area contributed by atoms with Gasteiger partial charge in [-0.1, -0.05) is 32.1 Å². The Balaban J connectivity index is 1.83. The molecule has 0 fully saturated rings. The van der Waals surface area contributed by atoms with Gasteiger partial charge in [0.2, 0.25) is 0 Å². The molecule has 1 aliphatic rings. The molecule has 0 saturated heterocycles. The number of carbonyl (C=O) groups is 1. The molecule has 1 aromatic carbocycles. The van der Waals surface area contributed by atoms with Gasteiger partial charge >= 0.3 is 0 Å². The summed E-state index contributed by atoms with van der Waals surface area (Å²) in [4.78, 5) is 15.1. The number of hydroxylamine groups is 1. The molecule has 30 heavy (non-hydrogen) atoms. The molecule has 1 aromatic heterocycles. The van der Waals surface area contributed by atoms with Crippen molar-refractivity contribution in [3.05, 3.63) is 59.2 Å². The van der Waals surface area contributed by atoms with E-state index in [0.29, 0.717) is 24.0 Å². The van der Waals surface area contributed by atoms with Crippen LogP contribution in [0.15, 0.2) is 36.7 Å². The molecule has 3 rings (SSSR count). The van der Waals surface area contributed by atoms with E-state index in [-0.39, 0.29) is 5.82 Å². The van der Waals surface area contributed by atoms with Gasteiger partial charge in [0, 0.05) is 18.3 Å². The Bertz CT molecular complexity index is 920. The van der Waals surface area contributed by atoms with Crippen LogP contribution in [0.3, 0.4) is 0 Å². The van der Waals surface area contributed by atoms with Gasteiger partial charge in [-0.05, 0) is 68.6 Å². The molecule has 1 aliphatic carbocycles. The predicted octanol–water partition coefficient (Wildman–Crippen LogP) is 3.68. The number of amides is 1. The second-order valence-corrected chi connectivity index (χ2v) is 7.87. The monoisotopic (exact) mass is 414 g/mol. The van der Waals surface area contributed by atoms with Crippen molar-refractivity contribution in [1.29, 1.82) is 0 Å². The van der Waals surface area contributed by atoms with Crippen LogP contribution in [-0.2, 0) is 16.8 Å². The van der Waals surface area contributed by atoms with Crippen LogP contribution < -0.4 is 5.48 Å². The van der Waals surface area contributed by atoms with Crippen LogP contribution in [-0.4, -0.2) is 45.4 Å². The molecule has 0 radical (unpaired) electrons. The van der Waals surface area contributed by atoms with Crippen LogP contribution in [0.4, 0.5) is 4.39 Å². The maximum Gasteiger partial charge on any atom is 0.257 e. The topological polar surface area (TPSA) is 70.4 Å². The first-order valence-corrected chi connectivity index (χ1v) is 10.6. The molecule has 1 atom stereocenters. The molecule has 0 unspecified atom stereocenters. The van der Waals surface area contributed by atoms with E-state index in [1.807, 2.05) is 23.2 Å². The van der Waals surface area contributed by atoms with Crippen LogP contribution in [0.1, 0.15) is 49.8 Å². The maximum absolute atomic E-state index is 14.2. The third kappa shape index (κ3) is 4.32. The number of halogens is 1. The minimum Gasteiger partial charge on any atom is -0.304 e. The van der Waals surface area contributed by atoms with Crippen molar-refractivity contribution in [3.8, 4) is 0 Å². The van der Waals surface area contributed by atoms with E-state index in [9.17, 15) is 14.4 Å². The van der Waals surface area contributed by atoms with Gasteiger partial charge in [-0.15, -0.1) is 0 Å². The van der Waals surface area contributed by atoms with Crippen molar-refractivity contribution in [1.82, 2.24) is 20.2 Å². The van der Waals surface area contributed by atoms with Crippen molar-refractivity contribution < 1.29 is 14.4 Å². The minimum atomic E-state index is -1.10. The summed E-state index contributed by atoms with van der Waals surface area (Å²) in [6, 6.07) is 4.73. The van der Waals surface area contributed by atoms with E-state index in [1.165, 1.54) is 6.07 Å². The number of hydrogen-bond donors (Lipinski definition) is 2. The Hall–Kier alpha value is -2.51. The minimum absolute atomic E-state index is 0.361. The maximum atomic E-state index is 14.2. The van der Waals surface area contributed by atoms with E-state index in [4.69, 9.17) is 0 Å². The summed E-state index contributed by atoms with van der Waals surface area (Å²) < 4.78 is 16.1. The third-order valence-corrected chi connectivity index (χ3v) is 6.22. The van der Waals surface area contributed by atoms with Crippen molar-refractivity contribution in [2.24, 2.45) is 0 Å². The normalized spacial score (nSPS) is 18.7. The number of rotatable bonds is 9. The first kappa shape index (κ1) is 22.2. The molecular formula is C23H31FN4O2. The van der Waals surface area contributed by atoms with Gasteiger partial charge in [-0.2, -0.15) is 5.10 Å². The lowest BCUT2D eigenvalue weighted by Crippen LogP contribution is -2.41. The van der Waals surface area contributed by atoms with Crippen LogP contribution in [0, 0.1) is 12.7 Å². The number of nitrogens with one attached hydrogen (secondary N) is 1. The summed E-state index contributed by atoms with van der Waals surface area (Å²) >= 11 is 0. The lowest BCUT2D eigenvalue weighted by atomic mass is 9.77. The number of aromatic nitrogens is 2. The number of nitrogens with zero attached hydrogens (tertiary/aromatic N) is 3. The number of hydrogen-bond acceptors (Lipinski definition) is 4. The fraction of sp³-hybridized carbons (Fsp3) is 0.478. The zero-order valence-corrected chi connectivity index (χ0v) is 18.0. The average Bonchev–Trinajstić information content (AvgIpc) is 3.40. The highest BCUT2D eigenvalue weighted by atomic mass is 19.1. The molecule has 2 aromatic rings. The summed E-state index contributed by atoms with van der Waals surface area (Å²) in [5.74, 6) is -0.904. The Labute approximate surface area is 177 Å². The smallest absolute Gasteiger partial charge is 0.257 e. The number of allylic oxidation sites excluding steroid dienone is 1. The summed E-state index contributed by atoms with van der Waals surface area (Å²) in [5, 5.41) is 13.9. The van der Waals surface area contributed by atoms with Gasteiger partial charge in [0.1, 0.15) is 5.82 Å². The van der Waals surface area contributed by atoms with Crippen LogP contribution in [0.25, 0.3) is 5.57 Å². The van der Waals surface area contributed by atoms with E-state index in [1.54, 1.807) is 24.5 Å². The molecule has 1 heterocycles. The highest BCUT2D eigenvalue weighted by Crippen LogP contribution is 2.44. The number of benzene rings is 1. The standard InChI is InChI=1S/C23H31FN4O2/c1-4-27(5-2)12-7-13-28-16-19(15-25-28)18-10-11-23(14-18,22(29)26-30)20-8-6-9-21(24)17(20)3/h6,8-9,14-16,30H,4-5,7,10-13H2,1-3H3,(H,26,29)/t23-/m0/s1. The third-order valence-electron chi connectivity index (χ3n) is 6.22. The highest BCUT2D eigenvalue weighted by Gasteiger charge is 2.43. The summed E-state index contributed by atoms with van der Waals surface area (Å²) in [6.07, 6.45) is 7.80. The first-order chi connectivity index (χ1) is 14.4. The lowest BCUT2D eigenvalue weighted by molar-refractivity contribution is -0.133. The van der Waals surface area contributed by atoms with Gasteiger partial charge in [-0.3, -0.25) is 14.7 Å². The Morgan fingerprint density at radius 1 is 1.37 bits per heavy atom. The Morgan fingerprint density at radius 2 is 2.13 bits per heavy atom. The second kappa shape index (κ2) is 9.53. The quantitative estimate of drug-likeness (QED) is 0.485. The molecule has 1 amide bonds. The highest BCUT2D eigenvalue weighted by molar-refractivity contribution is 5.94.